The van der Waals surface area contributed by atoms with Gasteiger partial charge in [0.15, 0.2) is 5.43 Å². The average molecular weight is 311 g/mol. The highest BCUT2D eigenvalue weighted by molar-refractivity contribution is 5.78. The fourth-order valence-electron chi connectivity index (χ4n) is 2.64. The van der Waals surface area contributed by atoms with Crippen molar-refractivity contribution in [1.29, 1.82) is 0 Å². The molecule has 3 aromatic rings. The maximum atomic E-state index is 13.3. The predicted molar refractivity (Wildman–Crippen MR) is 88.6 cm³/mol. The van der Waals surface area contributed by atoms with Crippen molar-refractivity contribution in [1.82, 2.24) is 14.9 Å². The van der Waals surface area contributed by atoms with E-state index in [0.29, 0.717) is 17.4 Å². The zero-order valence-electron chi connectivity index (χ0n) is 13.1. The van der Waals surface area contributed by atoms with E-state index in [1.165, 1.54) is 18.2 Å². The molecule has 3 rings (SSSR count). The molecule has 2 heterocycles. The Labute approximate surface area is 133 Å². The number of nitrogens with zero attached hydrogens (tertiary/aromatic N) is 2. The van der Waals surface area contributed by atoms with Crippen LogP contribution in [-0.2, 0) is 6.54 Å². The van der Waals surface area contributed by atoms with Crippen molar-refractivity contribution in [3.63, 3.8) is 0 Å². The van der Waals surface area contributed by atoms with E-state index in [9.17, 15) is 9.18 Å². The molecule has 0 saturated heterocycles. The highest BCUT2D eigenvalue weighted by atomic mass is 19.1. The fourth-order valence-corrected chi connectivity index (χ4v) is 2.64. The van der Waals surface area contributed by atoms with Gasteiger partial charge in [-0.3, -0.25) is 14.7 Å². The van der Waals surface area contributed by atoms with Gasteiger partial charge in [0, 0.05) is 47.6 Å². The Bertz CT molecular complexity index is 876. The van der Waals surface area contributed by atoms with Crippen LogP contribution in [0.3, 0.4) is 0 Å². The lowest BCUT2D eigenvalue weighted by Gasteiger charge is -2.24. The van der Waals surface area contributed by atoms with Crippen LogP contribution in [0.4, 0.5) is 4.39 Å². The number of nitrogens with one attached hydrogen (secondary N) is 1. The average Bonchev–Trinajstić information content (AvgIpc) is 2.55. The minimum atomic E-state index is -0.405. The third-order valence-electron chi connectivity index (χ3n) is 4.10. The van der Waals surface area contributed by atoms with E-state index in [2.05, 4.69) is 21.8 Å². The summed E-state index contributed by atoms with van der Waals surface area (Å²) in [5, 5.41) is 0.372. The third-order valence-corrected chi connectivity index (χ3v) is 4.10. The van der Waals surface area contributed by atoms with Crippen LogP contribution in [0.15, 0.2) is 53.6 Å². The number of halogens is 1. The lowest BCUT2D eigenvalue weighted by atomic mass is 10.1. The van der Waals surface area contributed by atoms with Gasteiger partial charge in [0.1, 0.15) is 5.82 Å². The molecule has 0 spiro atoms. The summed E-state index contributed by atoms with van der Waals surface area (Å²) >= 11 is 0. The molecule has 2 aromatic heterocycles. The number of fused-ring (bicyclic) bond motifs is 1. The topological polar surface area (TPSA) is 49.0 Å². The van der Waals surface area contributed by atoms with E-state index in [1.807, 2.05) is 25.4 Å². The second-order valence-corrected chi connectivity index (χ2v) is 5.73. The minimum absolute atomic E-state index is 0.163. The molecule has 5 heteroatoms. The van der Waals surface area contributed by atoms with E-state index >= 15 is 0 Å². The van der Waals surface area contributed by atoms with Gasteiger partial charge in [0.25, 0.3) is 0 Å². The van der Waals surface area contributed by atoms with Gasteiger partial charge in [0.2, 0.25) is 0 Å². The third kappa shape index (κ3) is 3.29. The zero-order chi connectivity index (χ0) is 16.4. The lowest BCUT2D eigenvalue weighted by molar-refractivity contribution is 0.250. The minimum Gasteiger partial charge on any atom is -0.357 e. The molecule has 0 bridgehead atoms. The van der Waals surface area contributed by atoms with Gasteiger partial charge in [-0.1, -0.05) is 6.07 Å². The van der Waals surface area contributed by atoms with E-state index in [4.69, 9.17) is 0 Å². The number of benzene rings is 1. The van der Waals surface area contributed by atoms with Crippen LogP contribution in [0.1, 0.15) is 24.2 Å². The first-order valence-corrected chi connectivity index (χ1v) is 7.46. The highest BCUT2D eigenvalue weighted by Gasteiger charge is 2.13. The standard InChI is InChI=1S/C18H18FN3O/c1-12(13-4-3-7-20-10-13)22(2)11-15-9-18(23)16-8-14(19)5-6-17(16)21-15/h3-10,12H,11H2,1-2H3,(H,21,23). The van der Waals surface area contributed by atoms with Gasteiger partial charge >= 0.3 is 0 Å². The smallest absolute Gasteiger partial charge is 0.189 e. The van der Waals surface area contributed by atoms with Crippen LogP contribution in [0.5, 0.6) is 0 Å². The molecule has 0 amide bonds. The molecule has 4 nitrogen and oxygen atoms in total. The van der Waals surface area contributed by atoms with Crippen LogP contribution in [0, 0.1) is 5.82 Å². The first-order valence-electron chi connectivity index (χ1n) is 7.46. The van der Waals surface area contributed by atoms with Crippen LogP contribution < -0.4 is 5.43 Å². The molecule has 1 N–H and O–H groups in total. The summed E-state index contributed by atoms with van der Waals surface area (Å²) < 4.78 is 13.3. The SMILES string of the molecule is CC(c1cccnc1)N(C)Cc1cc(=O)c2cc(F)ccc2[nH]1. The van der Waals surface area contributed by atoms with Crippen molar-refractivity contribution in [3.8, 4) is 0 Å². The van der Waals surface area contributed by atoms with Crippen molar-refractivity contribution in [2.75, 3.05) is 7.05 Å². The summed E-state index contributed by atoms with van der Waals surface area (Å²) in [7, 11) is 1.99. The summed E-state index contributed by atoms with van der Waals surface area (Å²) in [5.74, 6) is -0.405. The second kappa shape index (κ2) is 6.30. The van der Waals surface area contributed by atoms with E-state index < -0.39 is 5.82 Å². The Hall–Kier alpha value is -2.53. The summed E-state index contributed by atoms with van der Waals surface area (Å²) in [5.41, 5.74) is 2.39. The van der Waals surface area contributed by atoms with Crippen molar-refractivity contribution < 1.29 is 4.39 Å². The Morgan fingerprint density at radius 3 is 2.87 bits per heavy atom. The fraction of sp³-hybridized carbons (Fsp3) is 0.222. The van der Waals surface area contributed by atoms with Crippen LogP contribution in [0.25, 0.3) is 10.9 Å². The number of hydrogen-bond donors (Lipinski definition) is 1. The van der Waals surface area contributed by atoms with Crippen molar-refractivity contribution in [2.24, 2.45) is 0 Å². The van der Waals surface area contributed by atoms with Crippen molar-refractivity contribution >= 4 is 10.9 Å². The van der Waals surface area contributed by atoms with E-state index in [0.717, 1.165) is 11.3 Å². The summed E-state index contributed by atoms with van der Waals surface area (Å²) in [6.45, 7) is 2.67. The highest BCUT2D eigenvalue weighted by Crippen LogP contribution is 2.19. The maximum absolute atomic E-state index is 13.3. The van der Waals surface area contributed by atoms with Crippen LogP contribution in [-0.4, -0.2) is 21.9 Å². The van der Waals surface area contributed by atoms with Crippen molar-refractivity contribution in [2.45, 2.75) is 19.5 Å². The lowest BCUT2D eigenvalue weighted by Crippen LogP contribution is -2.23. The Morgan fingerprint density at radius 2 is 2.13 bits per heavy atom. The number of aromatic amines is 1. The van der Waals surface area contributed by atoms with Gasteiger partial charge in [-0.15, -0.1) is 0 Å². The van der Waals surface area contributed by atoms with Gasteiger partial charge in [-0.05, 0) is 43.8 Å². The monoisotopic (exact) mass is 311 g/mol. The molecule has 0 saturated carbocycles. The number of H-pyrrole nitrogens is 1. The normalized spacial score (nSPS) is 12.7. The van der Waals surface area contributed by atoms with Gasteiger partial charge in [-0.25, -0.2) is 4.39 Å². The second-order valence-electron chi connectivity index (χ2n) is 5.73. The van der Waals surface area contributed by atoms with Gasteiger partial charge in [-0.2, -0.15) is 0 Å². The number of pyridine rings is 2. The number of hydrogen-bond acceptors (Lipinski definition) is 3. The zero-order valence-corrected chi connectivity index (χ0v) is 13.1. The Balaban J connectivity index is 1.86. The van der Waals surface area contributed by atoms with Crippen LogP contribution >= 0.6 is 0 Å². The largest absolute Gasteiger partial charge is 0.357 e. The summed E-state index contributed by atoms with van der Waals surface area (Å²) in [4.78, 5) is 21.6. The van der Waals surface area contributed by atoms with E-state index in [1.54, 1.807) is 12.3 Å². The molecule has 1 aromatic carbocycles. The van der Waals surface area contributed by atoms with E-state index in [-0.39, 0.29) is 11.5 Å². The number of rotatable bonds is 4. The molecule has 0 fully saturated rings. The first-order chi connectivity index (χ1) is 11.0. The molecule has 118 valence electrons. The molecule has 0 aliphatic heterocycles. The Kier molecular flexibility index (Phi) is 4.21. The quantitative estimate of drug-likeness (QED) is 0.804. The molecular formula is C18H18FN3O. The maximum Gasteiger partial charge on any atom is 0.189 e. The van der Waals surface area contributed by atoms with Crippen molar-refractivity contribution in [3.05, 3.63) is 76.1 Å². The molecular weight excluding hydrogens is 293 g/mol. The molecule has 1 atom stereocenters. The Morgan fingerprint density at radius 1 is 1.30 bits per heavy atom. The summed E-state index contributed by atoms with van der Waals surface area (Å²) in [6.07, 6.45) is 3.59. The summed E-state index contributed by atoms with van der Waals surface area (Å²) in [6, 6.07) is 9.85. The molecule has 0 aliphatic carbocycles. The predicted octanol–water partition coefficient (Wildman–Crippen LogP) is 3.26. The molecule has 0 aliphatic rings. The first kappa shape index (κ1) is 15.4. The van der Waals surface area contributed by atoms with Gasteiger partial charge in [0.05, 0.1) is 0 Å². The number of aromatic nitrogens is 2. The van der Waals surface area contributed by atoms with Crippen LogP contribution in [0.2, 0.25) is 0 Å². The molecule has 23 heavy (non-hydrogen) atoms. The van der Waals surface area contributed by atoms with Gasteiger partial charge < -0.3 is 4.98 Å². The molecule has 0 radical (unpaired) electrons. The molecule has 1 unspecified atom stereocenters.